The summed E-state index contributed by atoms with van der Waals surface area (Å²) in [4.78, 5) is 40.7. The topological polar surface area (TPSA) is 211 Å². The van der Waals surface area contributed by atoms with Gasteiger partial charge < -0.3 is 4.42 Å². The Hall–Kier alpha value is -4.82. The lowest BCUT2D eigenvalue weighted by atomic mass is 10.1. The second-order valence-corrected chi connectivity index (χ2v) is 5.34. The van der Waals surface area contributed by atoms with Crippen LogP contribution in [0.3, 0.4) is 0 Å². The lowest BCUT2D eigenvalue weighted by Crippen LogP contribution is -1.95. The molecule has 15 nitrogen and oxygen atoms in total. The highest BCUT2D eigenvalue weighted by Gasteiger charge is 2.27. The second kappa shape index (κ2) is 7.06. The molecule has 0 aliphatic rings. The molecule has 0 saturated heterocycles. The Labute approximate surface area is 157 Å². The third kappa shape index (κ3) is 3.54. The van der Waals surface area contributed by atoms with Gasteiger partial charge in [0.15, 0.2) is 0 Å². The maximum Gasteiger partial charge on any atom is 0.288 e. The van der Waals surface area contributed by atoms with Crippen molar-refractivity contribution in [1.82, 2.24) is 10.2 Å². The van der Waals surface area contributed by atoms with E-state index in [1.54, 1.807) is 0 Å². The van der Waals surface area contributed by atoms with Crippen molar-refractivity contribution in [2.24, 2.45) is 0 Å². The van der Waals surface area contributed by atoms with Gasteiger partial charge in [0.2, 0.25) is 0 Å². The highest BCUT2D eigenvalue weighted by atomic mass is 16.6. The summed E-state index contributed by atoms with van der Waals surface area (Å²) in [7, 11) is 0. The molecule has 3 aromatic rings. The molecule has 0 atom stereocenters. The Morgan fingerprint density at radius 2 is 1.00 bits per heavy atom. The quantitative estimate of drug-likeness (QED) is 0.431. The molecule has 15 heteroatoms. The van der Waals surface area contributed by atoms with Gasteiger partial charge in [0.1, 0.15) is 11.1 Å². The molecule has 0 unspecified atom stereocenters. The third-order valence-electron chi connectivity index (χ3n) is 3.66. The van der Waals surface area contributed by atoms with E-state index in [1.807, 2.05) is 0 Å². The van der Waals surface area contributed by atoms with Crippen molar-refractivity contribution >= 4 is 22.7 Å². The second-order valence-electron chi connectivity index (χ2n) is 5.34. The van der Waals surface area contributed by atoms with E-state index in [1.165, 1.54) is 0 Å². The molecule has 0 aliphatic heterocycles. The fourth-order valence-electron chi connectivity index (χ4n) is 2.37. The van der Waals surface area contributed by atoms with Crippen molar-refractivity contribution in [3.63, 3.8) is 0 Å². The molecule has 0 bridgehead atoms. The average molecular weight is 402 g/mol. The van der Waals surface area contributed by atoms with Gasteiger partial charge in [0.05, 0.1) is 31.8 Å². The number of hydrogen-bond donors (Lipinski definition) is 0. The standard InChI is InChI=1S/C14H6N6O9/c21-17(22)7-1-3-9(11(5-7)19(25)26)13-15-16-14(29-13)10-4-2-8(18(23)24)6-12(10)20(27)28/h1-6H. The first-order valence-corrected chi connectivity index (χ1v) is 7.39. The first-order chi connectivity index (χ1) is 13.7. The van der Waals surface area contributed by atoms with Crippen LogP contribution in [0.2, 0.25) is 0 Å². The molecule has 29 heavy (non-hydrogen) atoms. The van der Waals surface area contributed by atoms with Gasteiger partial charge in [-0.2, -0.15) is 0 Å². The number of hydrogen-bond acceptors (Lipinski definition) is 11. The van der Waals surface area contributed by atoms with E-state index in [2.05, 4.69) is 10.2 Å². The Kier molecular flexibility index (Phi) is 4.62. The molecule has 0 aliphatic carbocycles. The summed E-state index contributed by atoms with van der Waals surface area (Å²) in [6.45, 7) is 0. The summed E-state index contributed by atoms with van der Waals surface area (Å²) in [6, 6.07) is 5.43. The van der Waals surface area contributed by atoms with Crippen LogP contribution in [0.15, 0.2) is 40.8 Å². The molecule has 0 amide bonds. The SMILES string of the molecule is O=[N+]([O-])c1ccc(-c2nnc(-c3ccc([N+](=O)[O-])cc3[N+](=O)[O-])o2)c([N+](=O)[O-])c1. The summed E-state index contributed by atoms with van der Waals surface area (Å²) in [5, 5.41) is 51.3. The van der Waals surface area contributed by atoms with Gasteiger partial charge in [-0.3, -0.25) is 40.5 Å². The molecule has 0 fully saturated rings. The number of aromatic nitrogens is 2. The van der Waals surface area contributed by atoms with Crippen LogP contribution in [-0.2, 0) is 0 Å². The number of non-ortho nitro benzene ring substituents is 2. The summed E-state index contributed by atoms with van der Waals surface area (Å²) in [5.74, 6) is -0.844. The average Bonchev–Trinajstić information content (AvgIpc) is 3.16. The van der Waals surface area contributed by atoms with Crippen LogP contribution in [0.25, 0.3) is 22.9 Å². The zero-order valence-corrected chi connectivity index (χ0v) is 13.8. The first kappa shape index (κ1) is 19.0. The molecular weight excluding hydrogens is 396 g/mol. The zero-order valence-electron chi connectivity index (χ0n) is 13.8. The molecule has 1 aromatic heterocycles. The van der Waals surface area contributed by atoms with Gasteiger partial charge in [-0.1, -0.05) is 0 Å². The number of rotatable bonds is 6. The molecule has 2 aromatic carbocycles. The molecular formula is C14H6N6O9. The predicted molar refractivity (Wildman–Crippen MR) is 91.8 cm³/mol. The van der Waals surface area contributed by atoms with Crippen molar-refractivity contribution in [3.8, 4) is 22.9 Å². The zero-order chi connectivity index (χ0) is 21.3. The van der Waals surface area contributed by atoms with E-state index in [0.29, 0.717) is 12.1 Å². The van der Waals surface area contributed by atoms with E-state index < -0.39 is 54.2 Å². The Morgan fingerprint density at radius 1 is 0.621 bits per heavy atom. The summed E-state index contributed by atoms with van der Waals surface area (Å²) < 4.78 is 5.27. The summed E-state index contributed by atoms with van der Waals surface area (Å²) >= 11 is 0. The van der Waals surface area contributed by atoms with E-state index in [4.69, 9.17) is 4.42 Å². The van der Waals surface area contributed by atoms with E-state index >= 15 is 0 Å². The van der Waals surface area contributed by atoms with Crippen molar-refractivity contribution in [2.45, 2.75) is 0 Å². The van der Waals surface area contributed by atoms with E-state index in [9.17, 15) is 40.5 Å². The maximum absolute atomic E-state index is 11.2. The number of nitro benzene ring substituents is 4. The summed E-state index contributed by atoms with van der Waals surface area (Å²) in [6.07, 6.45) is 0. The Morgan fingerprint density at radius 3 is 1.31 bits per heavy atom. The number of nitrogens with zero attached hydrogens (tertiary/aromatic N) is 6. The molecule has 0 saturated carbocycles. The van der Waals surface area contributed by atoms with E-state index in [0.717, 1.165) is 24.3 Å². The van der Waals surface area contributed by atoms with Crippen LogP contribution in [0.5, 0.6) is 0 Å². The van der Waals surface area contributed by atoms with Gasteiger partial charge in [-0.05, 0) is 12.1 Å². The third-order valence-corrected chi connectivity index (χ3v) is 3.66. The predicted octanol–water partition coefficient (Wildman–Crippen LogP) is 3.04. The number of nitro groups is 4. The van der Waals surface area contributed by atoms with Crippen molar-refractivity contribution in [2.75, 3.05) is 0 Å². The smallest absolute Gasteiger partial charge is 0.288 e. The Balaban J connectivity index is 2.11. The molecule has 0 spiro atoms. The lowest BCUT2D eigenvalue weighted by molar-refractivity contribution is -0.394. The van der Waals surface area contributed by atoms with Crippen LogP contribution in [0, 0.1) is 40.5 Å². The highest BCUT2D eigenvalue weighted by Crippen LogP contribution is 2.36. The molecule has 146 valence electrons. The van der Waals surface area contributed by atoms with Crippen LogP contribution in [0.4, 0.5) is 22.7 Å². The molecule has 3 rings (SSSR count). The summed E-state index contributed by atoms with van der Waals surface area (Å²) in [5.41, 5.74) is -2.94. The van der Waals surface area contributed by atoms with Crippen LogP contribution in [0.1, 0.15) is 0 Å². The highest BCUT2D eigenvalue weighted by molar-refractivity contribution is 5.73. The maximum atomic E-state index is 11.2. The normalized spacial score (nSPS) is 10.5. The molecule has 0 radical (unpaired) electrons. The van der Waals surface area contributed by atoms with E-state index in [-0.39, 0.29) is 11.1 Å². The van der Waals surface area contributed by atoms with Gasteiger partial charge >= 0.3 is 0 Å². The minimum atomic E-state index is -0.888. The Bertz CT molecular complexity index is 1100. The largest absolute Gasteiger partial charge is 0.416 e. The first-order valence-electron chi connectivity index (χ1n) is 7.39. The monoisotopic (exact) mass is 402 g/mol. The van der Waals surface area contributed by atoms with Crippen molar-refractivity contribution in [3.05, 3.63) is 76.9 Å². The molecule has 0 N–H and O–H groups in total. The fourth-order valence-corrected chi connectivity index (χ4v) is 2.37. The van der Waals surface area contributed by atoms with Gasteiger partial charge in [0.25, 0.3) is 34.5 Å². The molecule has 1 heterocycles. The van der Waals surface area contributed by atoms with Gasteiger partial charge in [0, 0.05) is 12.1 Å². The van der Waals surface area contributed by atoms with Crippen LogP contribution < -0.4 is 0 Å². The van der Waals surface area contributed by atoms with Gasteiger partial charge in [-0.25, -0.2) is 0 Å². The minimum Gasteiger partial charge on any atom is -0.416 e. The van der Waals surface area contributed by atoms with Crippen molar-refractivity contribution < 1.29 is 24.1 Å². The van der Waals surface area contributed by atoms with Crippen LogP contribution in [-0.4, -0.2) is 29.9 Å². The minimum absolute atomic E-state index is 0.246. The van der Waals surface area contributed by atoms with Gasteiger partial charge in [-0.15, -0.1) is 10.2 Å². The lowest BCUT2D eigenvalue weighted by Gasteiger charge is -1.99. The fraction of sp³-hybridized carbons (Fsp3) is 0. The van der Waals surface area contributed by atoms with Crippen molar-refractivity contribution in [1.29, 1.82) is 0 Å². The van der Waals surface area contributed by atoms with Crippen LogP contribution >= 0.6 is 0 Å². The number of benzene rings is 2.